The van der Waals surface area contributed by atoms with Gasteiger partial charge < -0.3 is 29.6 Å². The first kappa shape index (κ1) is 30.7. The predicted molar refractivity (Wildman–Crippen MR) is 152 cm³/mol. The van der Waals surface area contributed by atoms with Crippen molar-refractivity contribution in [2.75, 3.05) is 13.7 Å². The molecule has 4 aliphatic rings. The van der Waals surface area contributed by atoms with Crippen LogP contribution in [0.2, 0.25) is 0 Å². The number of likely N-dealkylation sites (N-methyl/N-ethyl adjacent to an activating group) is 1. The Hall–Kier alpha value is -2.76. The van der Waals surface area contributed by atoms with Crippen LogP contribution in [0.3, 0.4) is 0 Å². The van der Waals surface area contributed by atoms with Crippen LogP contribution in [-0.4, -0.2) is 60.8 Å². The molecule has 0 radical (unpaired) electrons. The van der Waals surface area contributed by atoms with Crippen molar-refractivity contribution in [2.45, 2.75) is 78.6 Å². The first-order valence-corrected chi connectivity index (χ1v) is 14.8. The summed E-state index contributed by atoms with van der Waals surface area (Å²) in [6, 6.07) is 2.96. The van der Waals surface area contributed by atoms with Crippen molar-refractivity contribution in [1.29, 1.82) is 0 Å². The highest BCUT2D eigenvalue weighted by Crippen LogP contribution is 2.68. The number of hydrogen-bond donors (Lipinski definition) is 3. The smallest absolute Gasteiger partial charge is 0.479 e. The molecule has 8 atom stereocenters. The highest BCUT2D eigenvalue weighted by Gasteiger charge is 2.68. The van der Waals surface area contributed by atoms with E-state index in [9.17, 15) is 24.5 Å². The maximum absolute atomic E-state index is 15.0. The van der Waals surface area contributed by atoms with E-state index < -0.39 is 59.9 Å². The van der Waals surface area contributed by atoms with Gasteiger partial charge in [0, 0.05) is 35.7 Å². The summed E-state index contributed by atoms with van der Waals surface area (Å²) in [5.41, 5.74) is -1.66. The molecule has 3 fully saturated rings. The molecule has 1 amide bonds. The van der Waals surface area contributed by atoms with E-state index in [1.54, 1.807) is 12.1 Å². The van der Waals surface area contributed by atoms with E-state index >= 15 is 4.39 Å². The van der Waals surface area contributed by atoms with Gasteiger partial charge in [-0.1, -0.05) is 39.8 Å². The van der Waals surface area contributed by atoms with Gasteiger partial charge in [-0.05, 0) is 60.6 Å². The summed E-state index contributed by atoms with van der Waals surface area (Å²) in [5.74, 6) is -2.55. The number of carbonyl (C=O) groups is 3. The van der Waals surface area contributed by atoms with Gasteiger partial charge in [-0.15, -0.1) is 0 Å². The number of fused-ring (bicyclic) bond motifs is 1. The van der Waals surface area contributed by atoms with Crippen molar-refractivity contribution >= 4 is 30.2 Å². The predicted octanol–water partition coefficient (Wildman–Crippen LogP) is 2.44. The molecule has 0 spiro atoms. The highest BCUT2D eigenvalue weighted by molar-refractivity contribution is 6.61. The molecule has 5 rings (SSSR count). The van der Waals surface area contributed by atoms with Crippen molar-refractivity contribution in [3.63, 3.8) is 0 Å². The van der Waals surface area contributed by atoms with Gasteiger partial charge in [0.15, 0.2) is 18.2 Å². The van der Waals surface area contributed by atoms with Crippen LogP contribution in [0, 0.1) is 39.8 Å². The lowest BCUT2D eigenvalue weighted by atomic mass is 9.44. The fourth-order valence-electron chi connectivity index (χ4n) is 8.51. The molecule has 0 saturated heterocycles. The summed E-state index contributed by atoms with van der Waals surface area (Å²) in [6.07, 6.45) is 4.22. The Morgan fingerprint density at radius 3 is 2.71 bits per heavy atom. The molecule has 42 heavy (non-hydrogen) atoms. The van der Waals surface area contributed by atoms with E-state index in [0.717, 1.165) is 12.8 Å². The van der Waals surface area contributed by atoms with E-state index in [-0.39, 0.29) is 47.8 Å². The molecular formula is C31H41BFNO8. The van der Waals surface area contributed by atoms with Crippen LogP contribution in [0.1, 0.15) is 65.4 Å². The molecule has 228 valence electrons. The molecule has 11 heteroatoms. The zero-order valence-electron chi connectivity index (χ0n) is 24.9. The number of amides is 1. The maximum Gasteiger partial charge on any atom is 0.494 e. The van der Waals surface area contributed by atoms with E-state index in [2.05, 4.69) is 12.2 Å². The summed E-state index contributed by atoms with van der Waals surface area (Å²) >= 11 is 0. The fraction of sp³-hybridized carbons (Fsp3) is 0.645. The standard InChI is InChI=1S/C31H41BFNO8/c1-17-8-12-31-13-9-20(35)27(31)30(17,4)22(14-29(3,28(38)18(31)2)11-10-23(36)34-5)42-24(37)16-40-21-7-6-19-15-41-32(39)25(19)26(21)33/h6-7,10-11,17-18,22,27-28,38-39H,8-9,12-16H2,1-5H3,(H,34,36)/b11-10+/t17-,18+,22-,27+,28+,29-,30+,31+/m1/s1. The number of ether oxygens (including phenoxy) is 2. The molecule has 3 saturated carbocycles. The highest BCUT2D eigenvalue weighted by atomic mass is 19.1. The number of nitrogens with one attached hydrogen (secondary N) is 1. The van der Waals surface area contributed by atoms with Gasteiger partial charge in [-0.2, -0.15) is 0 Å². The summed E-state index contributed by atoms with van der Waals surface area (Å²) in [4.78, 5) is 39.2. The second kappa shape index (κ2) is 11.1. The molecule has 9 nitrogen and oxygen atoms in total. The number of ketones is 1. The average molecular weight is 585 g/mol. The number of Topliss-reactive ketones (excluding diaryl/α,β-unsaturated/α-hetero) is 1. The molecule has 3 aliphatic carbocycles. The lowest BCUT2D eigenvalue weighted by Crippen LogP contribution is -2.63. The van der Waals surface area contributed by atoms with Crippen LogP contribution in [-0.2, 0) is 30.4 Å². The number of carbonyl (C=O) groups excluding carboxylic acids is 3. The van der Waals surface area contributed by atoms with Gasteiger partial charge >= 0.3 is 13.1 Å². The number of benzene rings is 1. The Bertz CT molecular complexity index is 1310. The molecule has 1 aromatic rings. The second-order valence-corrected chi connectivity index (χ2v) is 13.2. The van der Waals surface area contributed by atoms with Crippen LogP contribution in [0.15, 0.2) is 24.3 Å². The maximum atomic E-state index is 15.0. The summed E-state index contributed by atoms with van der Waals surface area (Å²) in [7, 11) is 0.117. The lowest BCUT2D eigenvalue weighted by Gasteiger charge is -2.61. The number of esters is 1. The minimum atomic E-state index is -1.41. The number of aliphatic hydroxyl groups excluding tert-OH is 1. The normalized spacial score (nSPS) is 37.6. The van der Waals surface area contributed by atoms with E-state index in [0.29, 0.717) is 18.4 Å². The number of rotatable bonds is 6. The van der Waals surface area contributed by atoms with Crippen molar-refractivity contribution in [2.24, 2.45) is 34.0 Å². The van der Waals surface area contributed by atoms with Crippen molar-refractivity contribution in [3.05, 3.63) is 35.7 Å². The lowest BCUT2D eigenvalue weighted by molar-refractivity contribution is -0.207. The molecule has 1 aromatic carbocycles. The monoisotopic (exact) mass is 585 g/mol. The van der Waals surface area contributed by atoms with Gasteiger partial charge in [0.25, 0.3) is 0 Å². The molecule has 2 bridgehead atoms. The van der Waals surface area contributed by atoms with Crippen LogP contribution in [0.4, 0.5) is 4.39 Å². The number of halogens is 1. The molecule has 0 unspecified atom stereocenters. The van der Waals surface area contributed by atoms with Gasteiger partial charge in [0.1, 0.15) is 11.9 Å². The van der Waals surface area contributed by atoms with Gasteiger partial charge in [0.2, 0.25) is 5.91 Å². The number of aliphatic hydroxyl groups is 1. The largest absolute Gasteiger partial charge is 0.494 e. The Labute approximate surface area is 246 Å². The third-order valence-electron chi connectivity index (χ3n) is 11.2. The van der Waals surface area contributed by atoms with Crippen molar-refractivity contribution in [1.82, 2.24) is 5.32 Å². The van der Waals surface area contributed by atoms with Crippen LogP contribution < -0.4 is 15.5 Å². The Morgan fingerprint density at radius 2 is 2.00 bits per heavy atom. The molecule has 0 aromatic heterocycles. The minimum Gasteiger partial charge on any atom is -0.479 e. The van der Waals surface area contributed by atoms with Gasteiger partial charge in [0.05, 0.1) is 12.7 Å². The van der Waals surface area contributed by atoms with Crippen LogP contribution >= 0.6 is 0 Å². The quantitative estimate of drug-likeness (QED) is 0.264. The molecule has 1 aliphatic heterocycles. The first-order chi connectivity index (χ1) is 19.8. The van der Waals surface area contributed by atoms with Crippen LogP contribution in [0.5, 0.6) is 5.75 Å². The molecule has 1 heterocycles. The average Bonchev–Trinajstić information content (AvgIpc) is 3.52. The first-order valence-electron chi connectivity index (χ1n) is 14.8. The zero-order valence-corrected chi connectivity index (χ0v) is 24.9. The molecule has 3 N–H and O–H groups in total. The van der Waals surface area contributed by atoms with Crippen molar-refractivity contribution in [3.8, 4) is 5.75 Å². The van der Waals surface area contributed by atoms with Gasteiger partial charge in [-0.25, -0.2) is 9.18 Å². The Balaban J connectivity index is 1.48. The Morgan fingerprint density at radius 1 is 1.26 bits per heavy atom. The van der Waals surface area contributed by atoms with Crippen molar-refractivity contribution < 1.29 is 43.0 Å². The number of hydrogen-bond acceptors (Lipinski definition) is 8. The third kappa shape index (κ3) is 4.77. The van der Waals surface area contributed by atoms with E-state index in [4.69, 9.17) is 14.1 Å². The Kier molecular flexibility index (Phi) is 8.09. The van der Waals surface area contributed by atoms with Gasteiger partial charge in [-0.3, -0.25) is 9.59 Å². The summed E-state index contributed by atoms with van der Waals surface area (Å²) in [6.45, 7) is 7.45. The molecular weight excluding hydrogens is 544 g/mol. The third-order valence-corrected chi connectivity index (χ3v) is 11.2. The minimum absolute atomic E-state index is 0.0118. The topological polar surface area (TPSA) is 131 Å². The SMILES string of the molecule is CNC(=O)/C=C/[C@]1(C)C[C@@H](OC(=O)COc2ccc3c(c2F)B(O)OC3)[C@]2(C)[C@H](C)CC[C@]3(CCC(=O)[C@H]32)[C@@H](C)[C@@H]1O. The van der Waals surface area contributed by atoms with E-state index in [1.807, 2.05) is 20.8 Å². The zero-order chi connectivity index (χ0) is 30.6. The van der Waals surface area contributed by atoms with E-state index in [1.165, 1.54) is 19.2 Å². The van der Waals surface area contributed by atoms with Crippen LogP contribution in [0.25, 0.3) is 0 Å². The summed E-state index contributed by atoms with van der Waals surface area (Å²) in [5, 5.41) is 24.4. The summed E-state index contributed by atoms with van der Waals surface area (Å²) < 4.78 is 31.8. The second-order valence-electron chi connectivity index (χ2n) is 13.2. The fourth-order valence-corrected chi connectivity index (χ4v) is 8.51.